The maximum Gasteiger partial charge on any atom is 0.233 e. The van der Waals surface area contributed by atoms with Crippen LogP contribution in [0.25, 0.3) is 10.9 Å². The molecule has 0 spiro atoms. The predicted molar refractivity (Wildman–Crippen MR) is 94.8 cm³/mol. The molecule has 1 aromatic carbocycles. The highest BCUT2D eigenvalue weighted by atomic mass is 32.2. The summed E-state index contributed by atoms with van der Waals surface area (Å²) >= 11 is 1.40. The maximum absolute atomic E-state index is 12.0. The number of carbonyl (C=O) groups is 1. The van der Waals surface area contributed by atoms with Gasteiger partial charge in [-0.1, -0.05) is 30.8 Å². The summed E-state index contributed by atoms with van der Waals surface area (Å²) in [6, 6.07) is 8.52. The summed E-state index contributed by atoms with van der Waals surface area (Å²) < 4.78 is 0. The Morgan fingerprint density at radius 3 is 2.87 bits per heavy atom. The van der Waals surface area contributed by atoms with Gasteiger partial charge in [-0.3, -0.25) is 4.79 Å². The number of benzene rings is 1. The Bertz CT molecular complexity index is 702. The van der Waals surface area contributed by atoms with Gasteiger partial charge in [-0.2, -0.15) is 0 Å². The molecule has 0 radical (unpaired) electrons. The summed E-state index contributed by atoms with van der Waals surface area (Å²) in [4.78, 5) is 21.3. The van der Waals surface area contributed by atoms with Crippen molar-refractivity contribution in [2.45, 2.75) is 49.6 Å². The van der Waals surface area contributed by atoms with Gasteiger partial charge in [-0.25, -0.2) is 9.97 Å². The van der Waals surface area contributed by atoms with E-state index >= 15 is 0 Å². The minimum Gasteiger partial charge on any atom is -0.367 e. The molecule has 1 aliphatic rings. The average Bonchev–Trinajstić information content (AvgIpc) is 3.36. The molecule has 2 N–H and O–H groups in total. The number of fused-ring (bicyclic) bond motifs is 1. The Balaban J connectivity index is 1.81. The molecule has 23 heavy (non-hydrogen) atoms. The molecule has 2 aromatic rings. The lowest BCUT2D eigenvalue weighted by molar-refractivity contribution is -0.120. The van der Waals surface area contributed by atoms with Gasteiger partial charge in [0.05, 0.1) is 10.8 Å². The number of aromatic nitrogens is 2. The van der Waals surface area contributed by atoms with E-state index in [1.807, 2.05) is 38.1 Å². The molecule has 1 saturated carbocycles. The number of hydrogen-bond donors (Lipinski definition) is 2. The van der Waals surface area contributed by atoms with E-state index in [0.717, 1.165) is 23.1 Å². The number of anilines is 1. The van der Waals surface area contributed by atoms with Crippen molar-refractivity contribution in [2.24, 2.45) is 0 Å². The van der Waals surface area contributed by atoms with E-state index in [2.05, 4.69) is 20.6 Å². The van der Waals surface area contributed by atoms with Gasteiger partial charge < -0.3 is 10.6 Å². The lowest BCUT2D eigenvalue weighted by Crippen LogP contribution is -2.31. The van der Waals surface area contributed by atoms with Crippen LogP contribution in [0.5, 0.6) is 0 Å². The molecule has 1 amide bonds. The van der Waals surface area contributed by atoms with Gasteiger partial charge in [0, 0.05) is 18.0 Å². The Hall–Kier alpha value is -1.82. The zero-order valence-electron chi connectivity index (χ0n) is 13.5. The fourth-order valence-corrected chi connectivity index (χ4v) is 3.04. The smallest absolute Gasteiger partial charge is 0.233 e. The number of hydrogen-bond acceptors (Lipinski definition) is 5. The van der Waals surface area contributed by atoms with Crippen molar-refractivity contribution in [1.29, 1.82) is 0 Å². The first-order valence-electron chi connectivity index (χ1n) is 8.15. The number of carbonyl (C=O) groups excluding carboxylic acids is 1. The molecular formula is C17H22N4OS. The molecule has 1 aromatic heterocycles. The van der Waals surface area contributed by atoms with Crippen LogP contribution in [0, 0.1) is 0 Å². The standard InChI is InChI=1S/C17H22N4OS/c1-3-10-18-16(22)11(2)23-17-20-14-7-5-4-6-13(14)15(21-17)19-12-8-9-12/h4-7,11-12H,3,8-10H2,1-2H3,(H,18,22)(H,19,20,21). The van der Waals surface area contributed by atoms with Gasteiger partial charge in [-0.15, -0.1) is 0 Å². The highest BCUT2D eigenvalue weighted by molar-refractivity contribution is 8.00. The molecule has 6 heteroatoms. The maximum atomic E-state index is 12.0. The Labute approximate surface area is 140 Å². The van der Waals surface area contributed by atoms with Crippen molar-refractivity contribution in [1.82, 2.24) is 15.3 Å². The zero-order chi connectivity index (χ0) is 16.2. The summed E-state index contributed by atoms with van der Waals surface area (Å²) in [7, 11) is 0. The fourth-order valence-electron chi connectivity index (χ4n) is 2.24. The Morgan fingerprint density at radius 1 is 1.35 bits per heavy atom. The third-order valence-electron chi connectivity index (χ3n) is 3.70. The first-order valence-corrected chi connectivity index (χ1v) is 9.03. The second kappa shape index (κ2) is 7.17. The fraction of sp³-hybridized carbons (Fsp3) is 0.471. The van der Waals surface area contributed by atoms with E-state index in [9.17, 15) is 4.79 Å². The van der Waals surface area contributed by atoms with Crippen molar-refractivity contribution in [3.63, 3.8) is 0 Å². The van der Waals surface area contributed by atoms with Crippen LogP contribution in [-0.4, -0.2) is 33.7 Å². The SMILES string of the molecule is CCCNC(=O)C(C)Sc1nc(NC2CC2)c2ccccc2n1. The quantitative estimate of drug-likeness (QED) is 0.603. The van der Waals surface area contributed by atoms with Crippen LogP contribution < -0.4 is 10.6 Å². The Morgan fingerprint density at radius 2 is 2.13 bits per heavy atom. The van der Waals surface area contributed by atoms with Gasteiger partial charge in [0.15, 0.2) is 5.16 Å². The van der Waals surface area contributed by atoms with Crippen molar-refractivity contribution in [2.75, 3.05) is 11.9 Å². The van der Waals surface area contributed by atoms with Crippen molar-refractivity contribution < 1.29 is 4.79 Å². The molecule has 1 heterocycles. The number of para-hydroxylation sites is 1. The van der Waals surface area contributed by atoms with Gasteiger partial charge in [0.25, 0.3) is 0 Å². The average molecular weight is 330 g/mol. The number of rotatable bonds is 7. The summed E-state index contributed by atoms with van der Waals surface area (Å²) in [5.74, 6) is 0.909. The van der Waals surface area contributed by atoms with Crippen molar-refractivity contribution >= 4 is 34.4 Å². The number of nitrogens with zero attached hydrogens (tertiary/aromatic N) is 2. The van der Waals surface area contributed by atoms with Gasteiger partial charge in [0.2, 0.25) is 5.91 Å². The summed E-state index contributed by atoms with van der Waals surface area (Å²) in [5.41, 5.74) is 0.911. The topological polar surface area (TPSA) is 66.9 Å². The molecule has 1 atom stereocenters. The van der Waals surface area contributed by atoms with Crippen LogP contribution in [0.4, 0.5) is 5.82 Å². The first kappa shape index (κ1) is 16.1. The van der Waals surface area contributed by atoms with Crippen LogP contribution in [-0.2, 0) is 4.79 Å². The van der Waals surface area contributed by atoms with Crippen LogP contribution >= 0.6 is 11.8 Å². The summed E-state index contributed by atoms with van der Waals surface area (Å²) in [6.45, 7) is 4.64. The van der Waals surface area contributed by atoms with Crippen LogP contribution in [0.1, 0.15) is 33.1 Å². The largest absolute Gasteiger partial charge is 0.367 e. The third-order valence-corrected chi connectivity index (χ3v) is 4.66. The van der Waals surface area contributed by atoms with Crippen LogP contribution in [0.3, 0.4) is 0 Å². The van der Waals surface area contributed by atoms with E-state index in [-0.39, 0.29) is 11.2 Å². The molecule has 122 valence electrons. The molecule has 3 rings (SSSR count). The first-order chi connectivity index (χ1) is 11.2. The van der Waals surface area contributed by atoms with Crippen LogP contribution in [0.2, 0.25) is 0 Å². The van der Waals surface area contributed by atoms with Crippen molar-refractivity contribution in [3.8, 4) is 0 Å². The van der Waals surface area contributed by atoms with Crippen molar-refractivity contribution in [3.05, 3.63) is 24.3 Å². The number of thioether (sulfide) groups is 1. The van der Waals surface area contributed by atoms with E-state index in [1.165, 1.54) is 24.6 Å². The lowest BCUT2D eigenvalue weighted by Gasteiger charge is -2.13. The highest BCUT2D eigenvalue weighted by Gasteiger charge is 2.23. The highest BCUT2D eigenvalue weighted by Crippen LogP contribution is 2.30. The van der Waals surface area contributed by atoms with Crippen LogP contribution in [0.15, 0.2) is 29.4 Å². The molecule has 0 saturated heterocycles. The third kappa shape index (κ3) is 4.13. The normalized spacial score (nSPS) is 15.4. The van der Waals surface area contributed by atoms with E-state index in [4.69, 9.17) is 0 Å². The molecular weight excluding hydrogens is 308 g/mol. The molecule has 1 fully saturated rings. The van der Waals surface area contributed by atoms with Gasteiger partial charge >= 0.3 is 0 Å². The number of amides is 1. The lowest BCUT2D eigenvalue weighted by atomic mass is 10.2. The molecule has 0 aliphatic heterocycles. The molecule has 5 nitrogen and oxygen atoms in total. The summed E-state index contributed by atoms with van der Waals surface area (Å²) in [5, 5.41) is 7.85. The van der Waals surface area contributed by atoms with Gasteiger partial charge in [0.1, 0.15) is 5.82 Å². The predicted octanol–water partition coefficient (Wildman–Crippen LogP) is 3.21. The molecule has 1 unspecified atom stereocenters. The van der Waals surface area contributed by atoms with E-state index in [1.54, 1.807) is 0 Å². The monoisotopic (exact) mass is 330 g/mol. The molecule has 1 aliphatic carbocycles. The number of nitrogens with one attached hydrogen (secondary N) is 2. The minimum absolute atomic E-state index is 0.0327. The van der Waals surface area contributed by atoms with E-state index in [0.29, 0.717) is 17.7 Å². The zero-order valence-corrected chi connectivity index (χ0v) is 14.3. The summed E-state index contributed by atoms with van der Waals surface area (Å²) in [6.07, 6.45) is 3.32. The second-order valence-corrected chi connectivity index (χ2v) is 7.15. The Kier molecular flexibility index (Phi) is 5.00. The van der Waals surface area contributed by atoms with E-state index < -0.39 is 0 Å². The molecule has 0 bridgehead atoms. The second-order valence-electron chi connectivity index (χ2n) is 5.84. The minimum atomic E-state index is -0.212. The van der Waals surface area contributed by atoms with Gasteiger partial charge in [-0.05, 0) is 38.3 Å².